The van der Waals surface area contributed by atoms with E-state index in [2.05, 4.69) is 28.1 Å². The van der Waals surface area contributed by atoms with Gasteiger partial charge in [0, 0.05) is 19.1 Å². The molecule has 0 aromatic carbocycles. The Morgan fingerprint density at radius 1 is 1.37 bits per heavy atom. The summed E-state index contributed by atoms with van der Waals surface area (Å²) >= 11 is 0. The number of nitriles is 1. The topological polar surface area (TPSA) is 78.8 Å². The lowest BCUT2D eigenvalue weighted by Gasteiger charge is -2.32. The van der Waals surface area contributed by atoms with Crippen molar-refractivity contribution in [3.05, 3.63) is 16.8 Å². The highest BCUT2D eigenvalue weighted by molar-refractivity contribution is 5.58. The molecule has 2 N–H and O–H groups in total. The van der Waals surface area contributed by atoms with Crippen LogP contribution in [0.4, 0.5) is 5.82 Å². The highest BCUT2D eigenvalue weighted by Crippen LogP contribution is 2.25. The summed E-state index contributed by atoms with van der Waals surface area (Å²) in [6, 6.07) is 2.48. The molecule has 102 valence electrons. The van der Waals surface area contributed by atoms with Gasteiger partial charge in [0.1, 0.15) is 11.6 Å². The molecular weight excluding hydrogens is 238 g/mol. The summed E-state index contributed by atoms with van der Waals surface area (Å²) < 4.78 is 0. The fourth-order valence-corrected chi connectivity index (χ4v) is 2.70. The van der Waals surface area contributed by atoms with Crippen LogP contribution in [0.1, 0.15) is 43.5 Å². The smallest absolute Gasteiger partial charge is 0.169 e. The molecule has 1 aliphatic heterocycles. The first-order chi connectivity index (χ1) is 9.21. The summed E-state index contributed by atoms with van der Waals surface area (Å²) in [6.45, 7) is 5.77. The second-order valence-electron chi connectivity index (χ2n) is 4.99. The van der Waals surface area contributed by atoms with Crippen molar-refractivity contribution in [2.45, 2.75) is 45.6 Å². The number of aryl methyl sites for hydroxylation is 1. The third kappa shape index (κ3) is 2.69. The normalized spacial score (nSPS) is 19.3. The fraction of sp³-hybridized carbons (Fsp3) is 0.643. The first-order valence-corrected chi connectivity index (χ1v) is 7.00. The Bertz CT molecular complexity index is 491. The van der Waals surface area contributed by atoms with Crippen LogP contribution < -0.4 is 10.6 Å². The Morgan fingerprint density at radius 3 is 2.74 bits per heavy atom. The van der Waals surface area contributed by atoms with Crippen molar-refractivity contribution in [1.29, 1.82) is 5.26 Å². The van der Waals surface area contributed by atoms with Crippen molar-refractivity contribution < 1.29 is 0 Å². The minimum Gasteiger partial charge on any atom is -0.352 e. The van der Waals surface area contributed by atoms with Crippen LogP contribution in [0.3, 0.4) is 0 Å². The fourth-order valence-electron chi connectivity index (χ4n) is 2.70. The van der Waals surface area contributed by atoms with Crippen LogP contribution >= 0.6 is 0 Å². The minimum atomic E-state index is 0.165. The number of anilines is 1. The van der Waals surface area contributed by atoms with Crippen LogP contribution in [0.15, 0.2) is 0 Å². The molecule has 0 amide bonds. The van der Waals surface area contributed by atoms with E-state index < -0.39 is 0 Å². The highest BCUT2D eigenvalue weighted by Gasteiger charge is 2.23. The second-order valence-corrected chi connectivity index (χ2v) is 4.99. The van der Waals surface area contributed by atoms with Crippen LogP contribution in [-0.4, -0.2) is 29.3 Å². The predicted molar refractivity (Wildman–Crippen MR) is 74.9 cm³/mol. The second kappa shape index (κ2) is 5.98. The van der Waals surface area contributed by atoms with Gasteiger partial charge >= 0.3 is 0 Å². The van der Waals surface area contributed by atoms with Crippen LogP contribution in [0.2, 0.25) is 0 Å². The molecule has 1 aliphatic rings. The van der Waals surface area contributed by atoms with Crippen LogP contribution in [-0.2, 0) is 12.8 Å². The highest BCUT2D eigenvalue weighted by atomic mass is 15.3. The molecule has 0 saturated carbocycles. The number of hydrogen-bond acceptors (Lipinski definition) is 5. The molecule has 1 atom stereocenters. The van der Waals surface area contributed by atoms with Crippen LogP contribution in [0.25, 0.3) is 0 Å². The number of nitrogens with zero attached hydrogens (tertiary/aromatic N) is 4. The van der Waals surface area contributed by atoms with Gasteiger partial charge in [0.2, 0.25) is 0 Å². The SMILES string of the molecule is CCc1nnc(N2CCCC(N)C2)c(C#N)c1CC. The summed E-state index contributed by atoms with van der Waals surface area (Å²) in [5.41, 5.74) is 8.66. The third-order valence-corrected chi connectivity index (χ3v) is 3.70. The van der Waals surface area contributed by atoms with E-state index in [1.165, 1.54) is 0 Å². The Balaban J connectivity index is 2.43. The van der Waals surface area contributed by atoms with Crippen molar-refractivity contribution in [1.82, 2.24) is 10.2 Å². The number of rotatable bonds is 3. The molecule has 0 bridgehead atoms. The molecule has 1 aromatic rings. The van der Waals surface area contributed by atoms with E-state index in [1.807, 2.05) is 6.92 Å². The first kappa shape index (κ1) is 13.8. The number of aromatic nitrogens is 2. The zero-order chi connectivity index (χ0) is 13.8. The molecule has 5 nitrogen and oxygen atoms in total. The first-order valence-electron chi connectivity index (χ1n) is 7.00. The van der Waals surface area contributed by atoms with Crippen molar-refractivity contribution >= 4 is 5.82 Å². The molecule has 2 heterocycles. The zero-order valence-corrected chi connectivity index (χ0v) is 11.7. The maximum atomic E-state index is 9.47. The molecular formula is C14H21N5. The largest absolute Gasteiger partial charge is 0.352 e. The Kier molecular flexibility index (Phi) is 4.33. The lowest BCUT2D eigenvalue weighted by Crippen LogP contribution is -2.43. The van der Waals surface area contributed by atoms with Gasteiger partial charge in [0.15, 0.2) is 5.82 Å². The summed E-state index contributed by atoms with van der Waals surface area (Å²) in [7, 11) is 0. The van der Waals surface area contributed by atoms with E-state index >= 15 is 0 Å². The van der Waals surface area contributed by atoms with Gasteiger partial charge in [-0.25, -0.2) is 0 Å². The van der Waals surface area contributed by atoms with Gasteiger partial charge in [-0.1, -0.05) is 13.8 Å². The van der Waals surface area contributed by atoms with E-state index in [9.17, 15) is 5.26 Å². The molecule has 0 radical (unpaired) electrons. The zero-order valence-electron chi connectivity index (χ0n) is 11.7. The van der Waals surface area contributed by atoms with Crippen molar-refractivity contribution in [3.63, 3.8) is 0 Å². The molecule has 1 unspecified atom stereocenters. The van der Waals surface area contributed by atoms with Gasteiger partial charge in [0.25, 0.3) is 0 Å². The van der Waals surface area contributed by atoms with E-state index in [0.29, 0.717) is 11.4 Å². The molecule has 5 heteroatoms. The predicted octanol–water partition coefficient (Wildman–Crippen LogP) is 1.40. The van der Waals surface area contributed by atoms with Gasteiger partial charge in [-0.15, -0.1) is 5.10 Å². The van der Waals surface area contributed by atoms with E-state index in [-0.39, 0.29) is 6.04 Å². The van der Waals surface area contributed by atoms with Crippen LogP contribution in [0.5, 0.6) is 0 Å². The average molecular weight is 259 g/mol. The number of hydrogen-bond donors (Lipinski definition) is 1. The lowest BCUT2D eigenvalue weighted by molar-refractivity contribution is 0.501. The Morgan fingerprint density at radius 2 is 2.16 bits per heavy atom. The van der Waals surface area contributed by atoms with E-state index in [1.54, 1.807) is 0 Å². The van der Waals surface area contributed by atoms with Gasteiger partial charge in [-0.2, -0.15) is 10.4 Å². The Hall–Kier alpha value is -1.67. The van der Waals surface area contributed by atoms with Crippen molar-refractivity contribution in [2.24, 2.45) is 5.73 Å². The van der Waals surface area contributed by atoms with Gasteiger partial charge in [-0.05, 0) is 31.2 Å². The van der Waals surface area contributed by atoms with Crippen molar-refractivity contribution in [2.75, 3.05) is 18.0 Å². The molecule has 1 saturated heterocycles. The molecule has 2 rings (SSSR count). The van der Waals surface area contributed by atoms with Crippen molar-refractivity contribution in [3.8, 4) is 6.07 Å². The van der Waals surface area contributed by atoms with E-state index in [0.717, 1.165) is 50.0 Å². The molecule has 0 aliphatic carbocycles. The van der Waals surface area contributed by atoms with E-state index in [4.69, 9.17) is 5.73 Å². The van der Waals surface area contributed by atoms with Gasteiger partial charge < -0.3 is 10.6 Å². The number of piperidine rings is 1. The monoisotopic (exact) mass is 259 g/mol. The molecule has 1 aromatic heterocycles. The standard InChI is InChI=1S/C14H21N5/c1-3-11-12(8-15)14(18-17-13(11)4-2)19-7-5-6-10(16)9-19/h10H,3-7,9,16H2,1-2H3. The minimum absolute atomic E-state index is 0.165. The van der Waals surface area contributed by atoms with Gasteiger partial charge in [0.05, 0.1) is 5.69 Å². The maximum absolute atomic E-state index is 9.47. The molecule has 19 heavy (non-hydrogen) atoms. The summed E-state index contributed by atoms with van der Waals surface area (Å²) in [6.07, 6.45) is 3.71. The molecule has 1 fully saturated rings. The quantitative estimate of drug-likeness (QED) is 0.887. The number of nitrogens with two attached hydrogens (primary N) is 1. The molecule has 0 spiro atoms. The third-order valence-electron chi connectivity index (χ3n) is 3.70. The maximum Gasteiger partial charge on any atom is 0.169 e. The average Bonchev–Trinajstić information content (AvgIpc) is 2.45. The Labute approximate surface area is 114 Å². The van der Waals surface area contributed by atoms with Crippen LogP contribution in [0, 0.1) is 11.3 Å². The lowest BCUT2D eigenvalue weighted by atomic mass is 10.0. The summed E-state index contributed by atoms with van der Waals surface area (Å²) in [4.78, 5) is 2.11. The summed E-state index contributed by atoms with van der Waals surface area (Å²) in [5, 5.41) is 18.0. The van der Waals surface area contributed by atoms with Gasteiger partial charge in [-0.3, -0.25) is 0 Å². The summed E-state index contributed by atoms with van der Waals surface area (Å²) in [5.74, 6) is 0.715.